The third-order valence-electron chi connectivity index (χ3n) is 3.34. The van der Waals surface area contributed by atoms with Crippen molar-refractivity contribution in [2.24, 2.45) is 0 Å². The van der Waals surface area contributed by atoms with Crippen LogP contribution in [0.4, 0.5) is 0 Å². The molecule has 0 spiro atoms. The Labute approximate surface area is 130 Å². The Kier molecular flexibility index (Phi) is 4.01. The van der Waals surface area contributed by atoms with E-state index < -0.39 is 0 Å². The molecule has 0 fully saturated rings. The van der Waals surface area contributed by atoms with Crippen LogP contribution in [0.15, 0.2) is 53.4 Å². The second-order valence-corrected chi connectivity index (χ2v) is 5.55. The van der Waals surface area contributed by atoms with Gasteiger partial charge in [-0.1, -0.05) is 18.2 Å². The third kappa shape index (κ3) is 3.13. The fourth-order valence-electron chi connectivity index (χ4n) is 2.26. The lowest BCUT2D eigenvalue weighted by molar-refractivity contribution is 0.0954. The van der Waals surface area contributed by atoms with Gasteiger partial charge in [-0.15, -0.1) is 0 Å². The Hall–Kier alpha value is -2.14. The third-order valence-corrected chi connectivity index (χ3v) is 3.81. The van der Waals surface area contributed by atoms with Gasteiger partial charge in [0.25, 0.3) is 5.91 Å². The number of carbonyl (C=O) groups is 1. The summed E-state index contributed by atoms with van der Waals surface area (Å²) in [7, 11) is 0. The molecule has 1 aromatic carbocycles. The molecule has 0 radical (unpaired) electrons. The van der Waals surface area contributed by atoms with Gasteiger partial charge in [0, 0.05) is 29.8 Å². The second-order valence-electron chi connectivity index (χ2n) is 4.73. The van der Waals surface area contributed by atoms with Gasteiger partial charge in [0.1, 0.15) is 4.60 Å². The van der Waals surface area contributed by atoms with Gasteiger partial charge in [-0.3, -0.25) is 4.79 Å². The number of nitrogens with one attached hydrogen (secondary N) is 2. The summed E-state index contributed by atoms with van der Waals surface area (Å²) in [6, 6.07) is 11.7. The number of halogens is 1. The van der Waals surface area contributed by atoms with Crippen LogP contribution in [0.1, 0.15) is 15.9 Å². The average Bonchev–Trinajstić information content (AvgIpc) is 2.91. The first kappa shape index (κ1) is 13.8. The Bertz CT molecular complexity index is 765. The number of benzene rings is 1. The maximum Gasteiger partial charge on any atom is 0.252 e. The first-order chi connectivity index (χ1) is 10.2. The van der Waals surface area contributed by atoms with Gasteiger partial charge in [-0.05, 0) is 46.1 Å². The molecule has 0 saturated heterocycles. The largest absolute Gasteiger partial charge is 0.361 e. The van der Waals surface area contributed by atoms with Crippen molar-refractivity contribution < 1.29 is 4.79 Å². The van der Waals surface area contributed by atoms with Crippen molar-refractivity contribution in [1.82, 2.24) is 15.3 Å². The summed E-state index contributed by atoms with van der Waals surface area (Å²) in [4.78, 5) is 19.3. The summed E-state index contributed by atoms with van der Waals surface area (Å²) in [5, 5.41) is 4.12. The molecule has 1 amide bonds. The van der Waals surface area contributed by atoms with Gasteiger partial charge in [-0.25, -0.2) is 4.98 Å². The Balaban J connectivity index is 1.61. The summed E-state index contributed by atoms with van der Waals surface area (Å²) < 4.78 is 0.720. The highest BCUT2D eigenvalue weighted by Gasteiger charge is 2.07. The molecule has 3 rings (SSSR count). The predicted octanol–water partition coefficient (Wildman–Crippen LogP) is 3.30. The van der Waals surface area contributed by atoms with E-state index in [0.717, 1.165) is 16.5 Å². The van der Waals surface area contributed by atoms with E-state index in [1.807, 2.05) is 24.4 Å². The number of para-hydroxylation sites is 1. The van der Waals surface area contributed by atoms with Gasteiger partial charge in [0.15, 0.2) is 0 Å². The summed E-state index contributed by atoms with van der Waals surface area (Å²) in [6.45, 7) is 0.594. The number of pyridine rings is 1. The zero-order valence-electron chi connectivity index (χ0n) is 11.3. The average molecular weight is 344 g/mol. The van der Waals surface area contributed by atoms with Crippen molar-refractivity contribution >= 4 is 32.7 Å². The molecule has 2 heterocycles. The van der Waals surface area contributed by atoms with Crippen molar-refractivity contribution in [2.75, 3.05) is 6.54 Å². The highest BCUT2D eigenvalue weighted by molar-refractivity contribution is 9.10. The highest BCUT2D eigenvalue weighted by Crippen LogP contribution is 2.17. The van der Waals surface area contributed by atoms with Gasteiger partial charge >= 0.3 is 0 Å². The van der Waals surface area contributed by atoms with E-state index in [9.17, 15) is 4.79 Å². The number of nitrogens with zero attached hydrogens (tertiary/aromatic N) is 1. The van der Waals surface area contributed by atoms with E-state index in [-0.39, 0.29) is 5.91 Å². The van der Waals surface area contributed by atoms with Crippen LogP contribution in [0.3, 0.4) is 0 Å². The standard InChI is InChI=1S/C16H14BrN3O/c17-15-6-5-12(10-20-15)16(21)18-8-7-11-9-19-14-4-2-1-3-13(11)14/h1-6,9-10,19H,7-8H2,(H,18,21). The van der Waals surface area contributed by atoms with Gasteiger partial charge in [0.2, 0.25) is 0 Å². The summed E-state index contributed by atoms with van der Waals surface area (Å²) >= 11 is 3.25. The molecular formula is C16H14BrN3O. The van der Waals surface area contributed by atoms with E-state index in [1.165, 1.54) is 10.9 Å². The first-order valence-electron chi connectivity index (χ1n) is 6.69. The minimum Gasteiger partial charge on any atom is -0.361 e. The van der Waals surface area contributed by atoms with Crippen LogP contribution in [0.5, 0.6) is 0 Å². The number of hydrogen-bond acceptors (Lipinski definition) is 2. The second kappa shape index (κ2) is 6.10. The molecular weight excluding hydrogens is 330 g/mol. The van der Waals surface area contributed by atoms with E-state index in [0.29, 0.717) is 12.1 Å². The topological polar surface area (TPSA) is 57.8 Å². The summed E-state index contributed by atoms with van der Waals surface area (Å²) in [6.07, 6.45) is 4.35. The number of rotatable bonds is 4. The van der Waals surface area contributed by atoms with Crippen LogP contribution >= 0.6 is 15.9 Å². The van der Waals surface area contributed by atoms with E-state index in [1.54, 1.807) is 18.3 Å². The normalized spacial score (nSPS) is 10.7. The monoisotopic (exact) mass is 343 g/mol. The minimum absolute atomic E-state index is 0.102. The molecule has 21 heavy (non-hydrogen) atoms. The van der Waals surface area contributed by atoms with Crippen LogP contribution in [-0.4, -0.2) is 22.4 Å². The zero-order chi connectivity index (χ0) is 14.7. The molecule has 0 aliphatic carbocycles. The van der Waals surface area contributed by atoms with E-state index in [2.05, 4.69) is 37.3 Å². The molecule has 4 nitrogen and oxygen atoms in total. The maximum atomic E-state index is 12.0. The number of amides is 1. The molecule has 2 aromatic heterocycles. The number of fused-ring (bicyclic) bond motifs is 1. The molecule has 5 heteroatoms. The molecule has 0 unspecified atom stereocenters. The van der Waals surface area contributed by atoms with Gasteiger partial charge < -0.3 is 10.3 Å². The highest BCUT2D eigenvalue weighted by atomic mass is 79.9. The minimum atomic E-state index is -0.102. The SMILES string of the molecule is O=C(NCCc1c[nH]c2ccccc12)c1ccc(Br)nc1. The number of hydrogen-bond donors (Lipinski definition) is 2. The molecule has 0 atom stereocenters. The molecule has 0 aliphatic heterocycles. The smallest absolute Gasteiger partial charge is 0.252 e. The van der Waals surface area contributed by atoms with E-state index >= 15 is 0 Å². The lowest BCUT2D eigenvalue weighted by Crippen LogP contribution is -2.25. The molecule has 0 bridgehead atoms. The quantitative estimate of drug-likeness (QED) is 0.714. The fourth-order valence-corrected chi connectivity index (χ4v) is 2.50. The van der Waals surface area contributed by atoms with Crippen LogP contribution in [0, 0.1) is 0 Å². The lowest BCUT2D eigenvalue weighted by atomic mass is 10.1. The lowest BCUT2D eigenvalue weighted by Gasteiger charge is -2.04. The first-order valence-corrected chi connectivity index (χ1v) is 7.48. The van der Waals surface area contributed by atoms with Gasteiger partial charge in [-0.2, -0.15) is 0 Å². The molecule has 0 saturated carbocycles. The van der Waals surface area contributed by atoms with Crippen LogP contribution in [0.2, 0.25) is 0 Å². The molecule has 3 aromatic rings. The number of aromatic amines is 1. The molecule has 2 N–H and O–H groups in total. The molecule has 106 valence electrons. The van der Waals surface area contributed by atoms with Crippen molar-refractivity contribution in [1.29, 1.82) is 0 Å². The van der Waals surface area contributed by atoms with Crippen molar-refractivity contribution in [3.8, 4) is 0 Å². The van der Waals surface area contributed by atoms with Crippen LogP contribution in [0.25, 0.3) is 10.9 Å². The summed E-state index contributed by atoms with van der Waals surface area (Å²) in [5.41, 5.74) is 2.90. The van der Waals surface area contributed by atoms with Crippen molar-refractivity contribution in [3.05, 3.63) is 64.5 Å². The number of aromatic nitrogens is 2. The zero-order valence-corrected chi connectivity index (χ0v) is 12.9. The number of carbonyl (C=O) groups excluding carboxylic acids is 1. The van der Waals surface area contributed by atoms with Crippen molar-refractivity contribution in [3.63, 3.8) is 0 Å². The Morgan fingerprint density at radius 2 is 2.10 bits per heavy atom. The number of H-pyrrole nitrogens is 1. The maximum absolute atomic E-state index is 12.0. The van der Waals surface area contributed by atoms with Gasteiger partial charge in [0.05, 0.1) is 5.56 Å². The fraction of sp³-hybridized carbons (Fsp3) is 0.125. The van der Waals surface area contributed by atoms with Crippen LogP contribution in [-0.2, 0) is 6.42 Å². The van der Waals surface area contributed by atoms with Crippen LogP contribution < -0.4 is 5.32 Å². The predicted molar refractivity (Wildman–Crippen MR) is 86.3 cm³/mol. The Morgan fingerprint density at radius 3 is 2.90 bits per heavy atom. The molecule has 0 aliphatic rings. The van der Waals surface area contributed by atoms with E-state index in [4.69, 9.17) is 0 Å². The Morgan fingerprint density at radius 1 is 1.24 bits per heavy atom. The van der Waals surface area contributed by atoms with Crippen molar-refractivity contribution in [2.45, 2.75) is 6.42 Å². The summed E-state index contributed by atoms with van der Waals surface area (Å²) in [5.74, 6) is -0.102.